The third-order valence-corrected chi connectivity index (χ3v) is 4.04. The molecule has 2 N–H and O–H groups in total. The fraction of sp³-hybridized carbons (Fsp3) is 0.176. The van der Waals surface area contributed by atoms with E-state index in [4.69, 9.17) is 5.11 Å². The Morgan fingerprint density at radius 1 is 1.05 bits per heavy atom. The van der Waals surface area contributed by atoms with Gasteiger partial charge in [-0.25, -0.2) is 4.79 Å². The molecule has 2 aromatic carbocycles. The lowest BCUT2D eigenvalue weighted by atomic mass is 10.2. The lowest BCUT2D eigenvalue weighted by molar-refractivity contribution is -0.113. The number of hydrogen-bond acceptors (Lipinski definition) is 3. The van der Waals surface area contributed by atoms with Gasteiger partial charge in [0.05, 0.1) is 11.3 Å². The zero-order chi connectivity index (χ0) is 15.9. The maximum atomic E-state index is 11.8. The number of aryl methyl sites for hydroxylation is 1. The van der Waals surface area contributed by atoms with Crippen molar-refractivity contribution in [2.75, 3.05) is 11.1 Å². The number of carboxylic acids is 1. The molecule has 0 radical (unpaired) electrons. The summed E-state index contributed by atoms with van der Waals surface area (Å²) in [5.41, 5.74) is 3.21. The molecule has 1 amide bonds. The highest BCUT2D eigenvalue weighted by Gasteiger charge is 2.05. The number of amides is 1. The van der Waals surface area contributed by atoms with Crippen LogP contribution < -0.4 is 5.32 Å². The standard InChI is InChI=1S/C17H17NO3S/c1-12-2-4-13(5-3-12)10-22-11-16(19)18-15-8-6-14(7-9-15)17(20)21/h2-9H,10-11H2,1H3,(H,18,19)(H,20,21). The second kappa shape index (κ2) is 7.66. The predicted molar refractivity (Wildman–Crippen MR) is 89.4 cm³/mol. The van der Waals surface area contributed by atoms with E-state index in [0.29, 0.717) is 11.4 Å². The van der Waals surface area contributed by atoms with E-state index < -0.39 is 5.97 Å². The molecule has 114 valence electrons. The summed E-state index contributed by atoms with van der Waals surface area (Å²) in [6.07, 6.45) is 0. The van der Waals surface area contributed by atoms with E-state index >= 15 is 0 Å². The SMILES string of the molecule is Cc1ccc(CSCC(=O)Nc2ccc(C(=O)O)cc2)cc1. The topological polar surface area (TPSA) is 66.4 Å². The molecular formula is C17H17NO3S. The fourth-order valence-electron chi connectivity index (χ4n) is 1.84. The first-order valence-electron chi connectivity index (χ1n) is 6.81. The molecule has 4 nitrogen and oxygen atoms in total. The van der Waals surface area contributed by atoms with E-state index in [0.717, 1.165) is 5.75 Å². The Hall–Kier alpha value is -2.27. The van der Waals surface area contributed by atoms with Crippen LogP contribution in [0.25, 0.3) is 0 Å². The molecule has 0 bridgehead atoms. The Morgan fingerprint density at radius 3 is 2.27 bits per heavy atom. The van der Waals surface area contributed by atoms with E-state index in [-0.39, 0.29) is 11.5 Å². The van der Waals surface area contributed by atoms with Crippen LogP contribution in [-0.4, -0.2) is 22.7 Å². The van der Waals surface area contributed by atoms with Crippen molar-refractivity contribution in [2.24, 2.45) is 0 Å². The molecule has 0 spiro atoms. The quantitative estimate of drug-likeness (QED) is 0.855. The predicted octanol–water partition coefficient (Wildman–Crippen LogP) is 3.57. The van der Waals surface area contributed by atoms with Crippen LogP contribution in [0.2, 0.25) is 0 Å². The Balaban J connectivity index is 1.77. The molecule has 5 heteroatoms. The second-order valence-corrected chi connectivity index (χ2v) is 5.89. The van der Waals surface area contributed by atoms with Gasteiger partial charge >= 0.3 is 5.97 Å². The van der Waals surface area contributed by atoms with E-state index in [9.17, 15) is 9.59 Å². The van der Waals surface area contributed by atoms with Crippen molar-refractivity contribution in [3.63, 3.8) is 0 Å². The summed E-state index contributed by atoms with van der Waals surface area (Å²) in [5, 5.41) is 11.6. The number of carboxylic acid groups (broad SMARTS) is 1. The molecule has 0 aromatic heterocycles. The van der Waals surface area contributed by atoms with Crippen molar-refractivity contribution in [2.45, 2.75) is 12.7 Å². The summed E-state index contributed by atoms with van der Waals surface area (Å²) in [6.45, 7) is 2.04. The van der Waals surface area contributed by atoms with Gasteiger partial charge in [0.25, 0.3) is 0 Å². The lowest BCUT2D eigenvalue weighted by Crippen LogP contribution is -2.14. The first-order valence-corrected chi connectivity index (χ1v) is 7.96. The Bertz CT molecular complexity index is 651. The summed E-state index contributed by atoms with van der Waals surface area (Å²) in [6, 6.07) is 14.3. The van der Waals surface area contributed by atoms with E-state index in [1.54, 1.807) is 23.9 Å². The summed E-state index contributed by atoms with van der Waals surface area (Å²) in [5.74, 6) is 0.0620. The van der Waals surface area contributed by atoms with Crippen molar-refractivity contribution >= 4 is 29.3 Å². The number of aromatic carboxylic acids is 1. The zero-order valence-corrected chi connectivity index (χ0v) is 13.0. The summed E-state index contributed by atoms with van der Waals surface area (Å²) < 4.78 is 0. The van der Waals surface area contributed by atoms with Crippen LogP contribution in [0.3, 0.4) is 0 Å². The first-order chi connectivity index (χ1) is 10.5. The maximum Gasteiger partial charge on any atom is 0.335 e. The molecular weight excluding hydrogens is 298 g/mol. The van der Waals surface area contributed by atoms with Crippen molar-refractivity contribution < 1.29 is 14.7 Å². The molecule has 0 fully saturated rings. The number of anilines is 1. The van der Waals surface area contributed by atoms with E-state index in [2.05, 4.69) is 29.6 Å². The van der Waals surface area contributed by atoms with E-state index in [1.807, 2.05) is 6.92 Å². The zero-order valence-electron chi connectivity index (χ0n) is 12.2. The van der Waals surface area contributed by atoms with Gasteiger partial charge in [0, 0.05) is 11.4 Å². The molecule has 0 aliphatic carbocycles. The highest BCUT2D eigenvalue weighted by atomic mass is 32.2. The Morgan fingerprint density at radius 2 is 1.68 bits per heavy atom. The van der Waals surface area contributed by atoms with Crippen LogP contribution >= 0.6 is 11.8 Å². The van der Waals surface area contributed by atoms with Crippen LogP contribution in [0, 0.1) is 6.92 Å². The van der Waals surface area contributed by atoms with Gasteiger partial charge in [-0.15, -0.1) is 11.8 Å². The van der Waals surface area contributed by atoms with Crippen molar-refractivity contribution in [3.8, 4) is 0 Å². The fourth-order valence-corrected chi connectivity index (χ4v) is 2.63. The largest absolute Gasteiger partial charge is 0.478 e. The minimum Gasteiger partial charge on any atom is -0.478 e. The van der Waals surface area contributed by atoms with Gasteiger partial charge < -0.3 is 10.4 Å². The van der Waals surface area contributed by atoms with Gasteiger partial charge in [0.1, 0.15) is 0 Å². The van der Waals surface area contributed by atoms with Crippen molar-refractivity contribution in [1.29, 1.82) is 0 Å². The highest BCUT2D eigenvalue weighted by Crippen LogP contribution is 2.14. The number of hydrogen-bond donors (Lipinski definition) is 2. The molecule has 0 aliphatic rings. The average molecular weight is 315 g/mol. The minimum atomic E-state index is -0.980. The molecule has 0 saturated carbocycles. The second-order valence-electron chi connectivity index (χ2n) is 4.91. The Labute approximate surface area is 133 Å². The molecule has 0 aliphatic heterocycles. The molecule has 0 atom stereocenters. The van der Waals surface area contributed by atoms with Crippen LogP contribution in [0.15, 0.2) is 48.5 Å². The minimum absolute atomic E-state index is 0.0970. The molecule has 0 saturated heterocycles. The normalized spacial score (nSPS) is 10.2. The lowest BCUT2D eigenvalue weighted by Gasteiger charge is -2.06. The molecule has 2 aromatic rings. The number of thioether (sulfide) groups is 1. The smallest absolute Gasteiger partial charge is 0.335 e. The van der Waals surface area contributed by atoms with Crippen LogP contribution in [0.4, 0.5) is 5.69 Å². The van der Waals surface area contributed by atoms with Crippen molar-refractivity contribution in [1.82, 2.24) is 0 Å². The highest BCUT2D eigenvalue weighted by molar-refractivity contribution is 7.99. The first kappa shape index (κ1) is 16.1. The van der Waals surface area contributed by atoms with Gasteiger partial charge in [-0.2, -0.15) is 0 Å². The van der Waals surface area contributed by atoms with Gasteiger partial charge in [-0.1, -0.05) is 29.8 Å². The number of carbonyl (C=O) groups is 2. The summed E-state index contributed by atoms with van der Waals surface area (Å²) in [7, 11) is 0. The number of nitrogens with one attached hydrogen (secondary N) is 1. The summed E-state index contributed by atoms with van der Waals surface area (Å²) in [4.78, 5) is 22.6. The summed E-state index contributed by atoms with van der Waals surface area (Å²) >= 11 is 1.54. The van der Waals surface area contributed by atoms with Gasteiger partial charge in [-0.3, -0.25) is 4.79 Å². The molecule has 2 rings (SSSR count). The molecule has 0 heterocycles. The third kappa shape index (κ3) is 4.93. The van der Waals surface area contributed by atoms with Gasteiger partial charge in [0.15, 0.2) is 0 Å². The molecule has 0 unspecified atom stereocenters. The monoisotopic (exact) mass is 315 g/mol. The van der Waals surface area contributed by atoms with Crippen LogP contribution in [0.1, 0.15) is 21.5 Å². The van der Waals surface area contributed by atoms with Gasteiger partial charge in [-0.05, 0) is 36.8 Å². The maximum absolute atomic E-state index is 11.8. The van der Waals surface area contributed by atoms with Crippen molar-refractivity contribution in [3.05, 3.63) is 65.2 Å². The third-order valence-electron chi connectivity index (χ3n) is 3.04. The number of rotatable bonds is 6. The number of benzene rings is 2. The van der Waals surface area contributed by atoms with E-state index in [1.165, 1.54) is 23.3 Å². The van der Waals surface area contributed by atoms with Crippen LogP contribution in [-0.2, 0) is 10.5 Å². The molecule has 22 heavy (non-hydrogen) atoms. The van der Waals surface area contributed by atoms with Gasteiger partial charge in [0.2, 0.25) is 5.91 Å². The number of carbonyl (C=O) groups excluding carboxylic acids is 1. The Kier molecular flexibility index (Phi) is 5.61. The van der Waals surface area contributed by atoms with Crippen LogP contribution in [0.5, 0.6) is 0 Å². The average Bonchev–Trinajstić information content (AvgIpc) is 2.50.